The van der Waals surface area contributed by atoms with E-state index in [0.29, 0.717) is 5.69 Å². The van der Waals surface area contributed by atoms with Crippen molar-refractivity contribution in [3.63, 3.8) is 0 Å². The van der Waals surface area contributed by atoms with Gasteiger partial charge in [0, 0.05) is 13.2 Å². The van der Waals surface area contributed by atoms with Crippen LogP contribution in [0.1, 0.15) is 12.1 Å². The molecule has 0 radical (unpaired) electrons. The largest absolute Gasteiger partial charge is 0.365 e. The zero-order valence-electron chi connectivity index (χ0n) is 12.2. The number of aromatic nitrogens is 1. The fourth-order valence-electron chi connectivity index (χ4n) is 3.22. The minimum atomic E-state index is -3.84. The van der Waals surface area contributed by atoms with Gasteiger partial charge in [-0.25, -0.2) is 12.4 Å². The summed E-state index contributed by atoms with van der Waals surface area (Å²) < 4.78 is 26.9. The lowest BCUT2D eigenvalue weighted by Gasteiger charge is -2.27. The first-order chi connectivity index (χ1) is 10.9. The lowest BCUT2D eigenvalue weighted by Crippen LogP contribution is -2.44. The zero-order valence-corrected chi connectivity index (χ0v) is 13.0. The highest BCUT2D eigenvalue weighted by atomic mass is 32.2. The standard InChI is InChI=1S/C15H13N3O4S/c1-17-13(19)9-15(14(17)20)12-7-4-8-18(12)23(21,22)11-6-3-2-5-10(11)16-15/h2-8,16H,9H2,1H3. The van der Waals surface area contributed by atoms with Crippen molar-refractivity contribution < 1.29 is 18.0 Å². The second-order valence-electron chi connectivity index (χ2n) is 5.66. The molecule has 4 rings (SSSR count). The van der Waals surface area contributed by atoms with Gasteiger partial charge in [0.15, 0.2) is 5.54 Å². The smallest absolute Gasteiger partial charge is 0.269 e. The van der Waals surface area contributed by atoms with E-state index >= 15 is 0 Å². The van der Waals surface area contributed by atoms with E-state index in [1.54, 1.807) is 30.3 Å². The molecule has 2 aromatic rings. The predicted octanol–water partition coefficient (Wildman–Crippen LogP) is 0.735. The number of rotatable bonds is 0. The number of amides is 2. The number of benzene rings is 1. The monoisotopic (exact) mass is 331 g/mol. The maximum Gasteiger partial charge on any atom is 0.269 e. The number of likely N-dealkylation sites (tertiary alicyclic amines) is 1. The van der Waals surface area contributed by atoms with E-state index in [9.17, 15) is 18.0 Å². The Bertz CT molecular complexity index is 963. The van der Waals surface area contributed by atoms with Gasteiger partial charge < -0.3 is 5.32 Å². The molecule has 8 heteroatoms. The van der Waals surface area contributed by atoms with Gasteiger partial charge in [-0.05, 0) is 24.3 Å². The number of carbonyl (C=O) groups is 2. The SMILES string of the molecule is CN1C(=O)CC2(Nc3ccccc3S(=O)(=O)n3cccc32)C1=O. The van der Waals surface area contributed by atoms with Crippen LogP contribution in [0.25, 0.3) is 0 Å². The molecule has 1 atom stereocenters. The molecule has 1 saturated heterocycles. The number of hydrogen-bond acceptors (Lipinski definition) is 5. The van der Waals surface area contributed by atoms with E-state index in [1.807, 2.05) is 0 Å². The molecule has 1 unspecified atom stereocenters. The van der Waals surface area contributed by atoms with Gasteiger partial charge in [0.1, 0.15) is 4.90 Å². The molecule has 1 N–H and O–H groups in total. The number of imide groups is 1. The summed E-state index contributed by atoms with van der Waals surface area (Å²) in [5.41, 5.74) is -0.848. The lowest BCUT2D eigenvalue weighted by atomic mass is 9.92. The summed E-state index contributed by atoms with van der Waals surface area (Å²) in [6.45, 7) is 0. The third kappa shape index (κ3) is 1.61. The van der Waals surface area contributed by atoms with E-state index in [2.05, 4.69) is 5.32 Å². The van der Waals surface area contributed by atoms with Crippen molar-refractivity contribution in [3.05, 3.63) is 48.3 Å². The summed E-state index contributed by atoms with van der Waals surface area (Å²) in [6.07, 6.45) is 1.27. The van der Waals surface area contributed by atoms with Gasteiger partial charge >= 0.3 is 0 Å². The normalized spacial score (nSPS) is 25.0. The summed E-state index contributed by atoms with van der Waals surface area (Å²) in [5.74, 6) is -0.818. The Labute approximate surface area is 132 Å². The van der Waals surface area contributed by atoms with Crippen LogP contribution in [0.4, 0.5) is 5.69 Å². The molecule has 2 aliphatic rings. The van der Waals surface area contributed by atoms with E-state index in [0.717, 1.165) is 8.87 Å². The van der Waals surface area contributed by atoms with E-state index in [1.165, 1.54) is 19.3 Å². The topological polar surface area (TPSA) is 88.5 Å². The molecule has 1 spiro atoms. The molecular formula is C15H13N3O4S. The number of para-hydroxylation sites is 1. The fourth-order valence-corrected chi connectivity index (χ4v) is 4.78. The number of fused-ring (bicyclic) bond motifs is 3. The summed E-state index contributed by atoms with van der Waals surface area (Å²) in [4.78, 5) is 25.9. The Kier molecular flexibility index (Phi) is 2.57. The van der Waals surface area contributed by atoms with Crippen molar-refractivity contribution in [2.75, 3.05) is 12.4 Å². The zero-order chi connectivity index (χ0) is 16.4. The Hall–Kier alpha value is -2.61. The van der Waals surface area contributed by atoms with Crippen LogP contribution in [0.5, 0.6) is 0 Å². The molecule has 2 aliphatic heterocycles. The van der Waals surface area contributed by atoms with E-state index in [-0.39, 0.29) is 22.9 Å². The highest BCUT2D eigenvalue weighted by Gasteiger charge is 2.55. The molecule has 1 aromatic carbocycles. The van der Waals surface area contributed by atoms with Crippen molar-refractivity contribution in [1.82, 2.24) is 8.87 Å². The molecule has 118 valence electrons. The van der Waals surface area contributed by atoms with Crippen molar-refractivity contribution in [2.24, 2.45) is 0 Å². The van der Waals surface area contributed by atoms with Crippen LogP contribution in [0.15, 0.2) is 47.5 Å². The van der Waals surface area contributed by atoms with Crippen LogP contribution < -0.4 is 5.32 Å². The van der Waals surface area contributed by atoms with Crippen molar-refractivity contribution in [3.8, 4) is 0 Å². The number of likely N-dealkylation sites (N-methyl/N-ethyl adjacent to an activating group) is 1. The predicted molar refractivity (Wildman–Crippen MR) is 81.2 cm³/mol. The third-order valence-electron chi connectivity index (χ3n) is 4.38. The highest BCUT2D eigenvalue weighted by Crippen LogP contribution is 2.42. The van der Waals surface area contributed by atoms with Crippen LogP contribution in [0.2, 0.25) is 0 Å². The quantitative estimate of drug-likeness (QED) is 0.719. The molecule has 23 heavy (non-hydrogen) atoms. The first-order valence-electron chi connectivity index (χ1n) is 6.99. The minimum absolute atomic E-state index is 0.0733. The fraction of sp³-hybridized carbons (Fsp3) is 0.200. The average Bonchev–Trinajstić information content (AvgIpc) is 3.08. The van der Waals surface area contributed by atoms with Gasteiger partial charge in [0.2, 0.25) is 5.91 Å². The maximum atomic E-state index is 12.9. The van der Waals surface area contributed by atoms with E-state index < -0.39 is 21.5 Å². The van der Waals surface area contributed by atoms with Gasteiger partial charge in [-0.1, -0.05) is 12.1 Å². The minimum Gasteiger partial charge on any atom is -0.365 e. The summed E-state index contributed by atoms with van der Waals surface area (Å²) in [7, 11) is -2.44. The molecule has 0 aliphatic carbocycles. The van der Waals surface area contributed by atoms with Crippen molar-refractivity contribution in [2.45, 2.75) is 16.9 Å². The summed E-state index contributed by atoms with van der Waals surface area (Å²) in [6, 6.07) is 9.48. The second kappa shape index (κ2) is 4.23. The molecule has 3 heterocycles. The van der Waals surface area contributed by atoms with Gasteiger partial charge in [-0.3, -0.25) is 14.5 Å². The highest BCUT2D eigenvalue weighted by molar-refractivity contribution is 7.90. The Morgan fingerprint density at radius 2 is 1.87 bits per heavy atom. The molecule has 1 fully saturated rings. The Balaban J connectivity index is 2.09. The van der Waals surface area contributed by atoms with Gasteiger partial charge in [0.25, 0.3) is 15.9 Å². The summed E-state index contributed by atoms with van der Waals surface area (Å²) in [5, 5.41) is 3.03. The van der Waals surface area contributed by atoms with Crippen LogP contribution in [-0.2, 0) is 25.2 Å². The number of carbonyl (C=O) groups excluding carboxylic acids is 2. The van der Waals surface area contributed by atoms with Crippen molar-refractivity contribution in [1.29, 1.82) is 0 Å². The molecule has 2 amide bonds. The number of hydrogen-bond donors (Lipinski definition) is 1. The molecule has 7 nitrogen and oxygen atoms in total. The Morgan fingerprint density at radius 3 is 2.57 bits per heavy atom. The Morgan fingerprint density at radius 1 is 1.13 bits per heavy atom. The number of nitrogens with one attached hydrogen (secondary N) is 1. The lowest BCUT2D eigenvalue weighted by molar-refractivity contribution is -0.137. The van der Waals surface area contributed by atoms with Crippen LogP contribution >= 0.6 is 0 Å². The summed E-state index contributed by atoms with van der Waals surface area (Å²) >= 11 is 0. The van der Waals surface area contributed by atoms with Crippen molar-refractivity contribution >= 4 is 27.5 Å². The van der Waals surface area contributed by atoms with Gasteiger partial charge in [0.05, 0.1) is 17.8 Å². The second-order valence-corrected chi connectivity index (χ2v) is 7.44. The van der Waals surface area contributed by atoms with Gasteiger partial charge in [-0.2, -0.15) is 0 Å². The molecular weight excluding hydrogens is 318 g/mol. The third-order valence-corrected chi connectivity index (χ3v) is 6.13. The van der Waals surface area contributed by atoms with Gasteiger partial charge in [-0.15, -0.1) is 0 Å². The average molecular weight is 331 g/mol. The van der Waals surface area contributed by atoms with Crippen LogP contribution in [0.3, 0.4) is 0 Å². The first-order valence-corrected chi connectivity index (χ1v) is 8.43. The van der Waals surface area contributed by atoms with E-state index in [4.69, 9.17) is 0 Å². The first kappa shape index (κ1) is 14.0. The molecule has 0 saturated carbocycles. The van der Waals surface area contributed by atoms with Crippen LogP contribution in [-0.4, -0.2) is 36.2 Å². The number of nitrogens with zero attached hydrogens (tertiary/aromatic N) is 2. The molecule has 0 bridgehead atoms. The van der Waals surface area contributed by atoms with Crippen LogP contribution in [0, 0.1) is 0 Å². The maximum absolute atomic E-state index is 12.9. The number of anilines is 1. The molecule has 1 aromatic heterocycles.